The van der Waals surface area contributed by atoms with Crippen LogP contribution in [0.25, 0.3) is 0 Å². The summed E-state index contributed by atoms with van der Waals surface area (Å²) in [6.45, 7) is 5.55. The van der Waals surface area contributed by atoms with E-state index >= 15 is 0 Å². The van der Waals surface area contributed by atoms with Crippen LogP contribution < -0.4 is 10.8 Å². The van der Waals surface area contributed by atoms with Crippen LogP contribution in [0.5, 0.6) is 0 Å². The smallest absolute Gasteiger partial charge is 0.277 e. The maximum atomic E-state index is 13.9. The van der Waals surface area contributed by atoms with Gasteiger partial charge < -0.3 is 10.4 Å². The van der Waals surface area contributed by atoms with Crippen LogP contribution in [0, 0.1) is 12.7 Å². The van der Waals surface area contributed by atoms with Crippen molar-refractivity contribution in [1.82, 2.24) is 10.5 Å². The highest BCUT2D eigenvalue weighted by Gasteiger charge is 2.13. The van der Waals surface area contributed by atoms with Gasteiger partial charge in [0.25, 0.3) is 5.91 Å². The molecule has 0 spiro atoms. The number of nitrogens with one attached hydrogen (secondary N) is 2. The summed E-state index contributed by atoms with van der Waals surface area (Å²) in [4.78, 5) is 20.7. The fourth-order valence-electron chi connectivity index (χ4n) is 1.78. The number of benzene rings is 1. The third-order valence-corrected chi connectivity index (χ3v) is 2.82. The number of halogens is 1. The Kier molecular flexibility index (Phi) is 8.38. The lowest BCUT2D eigenvalue weighted by Crippen LogP contribution is -2.25. The molecule has 0 radical (unpaired) electrons. The molecule has 24 heavy (non-hydrogen) atoms. The number of amides is 1. The van der Waals surface area contributed by atoms with Crippen LogP contribution in [-0.4, -0.2) is 29.2 Å². The average Bonchev–Trinajstić information content (AvgIpc) is 2.60. The van der Waals surface area contributed by atoms with Gasteiger partial charge in [-0.3, -0.25) is 14.6 Å². The van der Waals surface area contributed by atoms with Crippen molar-refractivity contribution in [2.45, 2.75) is 20.8 Å². The summed E-state index contributed by atoms with van der Waals surface area (Å²) in [5, 5.41) is 11.4. The van der Waals surface area contributed by atoms with Crippen molar-refractivity contribution < 1.29 is 19.1 Å². The zero-order valence-corrected chi connectivity index (χ0v) is 14.0. The van der Waals surface area contributed by atoms with Crippen molar-refractivity contribution in [3.05, 3.63) is 53.6 Å². The van der Waals surface area contributed by atoms with Crippen molar-refractivity contribution >= 4 is 17.3 Å². The maximum absolute atomic E-state index is 13.9. The molecule has 0 bridgehead atoms. The number of hydrogen-bond acceptors (Lipinski definition) is 5. The van der Waals surface area contributed by atoms with Gasteiger partial charge in [0.1, 0.15) is 5.82 Å². The first kappa shape index (κ1) is 19.5. The number of carbonyl (C=O) groups excluding carboxylic acids is 1. The minimum absolute atomic E-state index is 0.0217. The summed E-state index contributed by atoms with van der Waals surface area (Å²) < 4.78 is 13.9. The number of nitrogens with zero attached hydrogens (tertiary/aromatic N) is 1. The Morgan fingerprint density at radius 3 is 2.71 bits per heavy atom. The molecule has 0 aliphatic carbocycles. The topological polar surface area (TPSA) is 83.5 Å². The van der Waals surface area contributed by atoms with Gasteiger partial charge in [0, 0.05) is 6.20 Å². The van der Waals surface area contributed by atoms with Crippen LogP contribution in [-0.2, 0) is 4.84 Å². The van der Waals surface area contributed by atoms with Crippen molar-refractivity contribution in [3.63, 3.8) is 0 Å². The number of aliphatic hydroxyl groups excluding tert-OH is 1. The Morgan fingerprint density at radius 2 is 2.04 bits per heavy atom. The van der Waals surface area contributed by atoms with E-state index in [1.807, 2.05) is 13.8 Å². The molecule has 1 aromatic heterocycles. The minimum atomic E-state index is -0.522. The van der Waals surface area contributed by atoms with E-state index in [9.17, 15) is 9.18 Å². The third-order valence-electron chi connectivity index (χ3n) is 2.82. The normalized spacial score (nSPS) is 9.71. The van der Waals surface area contributed by atoms with Crippen molar-refractivity contribution in [2.24, 2.45) is 0 Å². The van der Waals surface area contributed by atoms with Gasteiger partial charge in [-0.25, -0.2) is 9.87 Å². The van der Waals surface area contributed by atoms with E-state index in [0.717, 1.165) is 5.56 Å². The van der Waals surface area contributed by atoms with Gasteiger partial charge in [-0.1, -0.05) is 19.9 Å². The van der Waals surface area contributed by atoms with Crippen LogP contribution in [0.3, 0.4) is 0 Å². The second kappa shape index (κ2) is 10.3. The van der Waals surface area contributed by atoms with E-state index in [2.05, 4.69) is 15.8 Å². The Labute approximate surface area is 140 Å². The zero-order chi connectivity index (χ0) is 17.9. The molecule has 0 fully saturated rings. The second-order valence-corrected chi connectivity index (χ2v) is 4.53. The summed E-state index contributed by atoms with van der Waals surface area (Å²) in [5.41, 5.74) is 3.81. The summed E-state index contributed by atoms with van der Waals surface area (Å²) in [6, 6.07) is 6.21. The first-order chi connectivity index (χ1) is 11.6. The Balaban J connectivity index is 0.00000139. The Morgan fingerprint density at radius 1 is 1.29 bits per heavy atom. The first-order valence-corrected chi connectivity index (χ1v) is 7.62. The molecule has 0 aliphatic rings. The van der Waals surface area contributed by atoms with Crippen LogP contribution >= 0.6 is 0 Å². The lowest BCUT2D eigenvalue weighted by molar-refractivity contribution is 0.0169. The van der Waals surface area contributed by atoms with Gasteiger partial charge in [0.15, 0.2) is 0 Å². The Bertz CT molecular complexity index is 665. The highest BCUT2D eigenvalue weighted by atomic mass is 19.1. The molecule has 1 aromatic carbocycles. The van der Waals surface area contributed by atoms with E-state index in [0.29, 0.717) is 5.69 Å². The number of rotatable bonds is 6. The molecule has 0 saturated heterocycles. The summed E-state index contributed by atoms with van der Waals surface area (Å²) in [7, 11) is 0. The molecule has 2 rings (SSSR count). The summed E-state index contributed by atoms with van der Waals surface area (Å²) in [6.07, 6.45) is 2.86. The van der Waals surface area contributed by atoms with Crippen LogP contribution in [0.15, 0.2) is 36.7 Å². The molecule has 6 nitrogen and oxygen atoms in total. The number of aliphatic hydroxyl groups is 1. The number of pyridine rings is 1. The predicted molar refractivity (Wildman–Crippen MR) is 90.5 cm³/mol. The number of carbonyl (C=O) groups is 1. The number of hydroxylamine groups is 1. The molecule has 7 heteroatoms. The third kappa shape index (κ3) is 5.60. The SMILES string of the molecule is CC.Cc1ccc(Nc2cnccc2C(=O)NOCCO)c(F)c1. The van der Waals surface area contributed by atoms with E-state index in [-0.39, 0.29) is 24.5 Å². The zero-order valence-electron chi connectivity index (χ0n) is 14.0. The largest absolute Gasteiger partial charge is 0.394 e. The van der Waals surface area contributed by atoms with Crippen LogP contribution in [0.1, 0.15) is 29.8 Å². The molecule has 0 atom stereocenters. The van der Waals surface area contributed by atoms with Gasteiger partial charge in [-0.05, 0) is 30.7 Å². The molecule has 130 valence electrons. The average molecular weight is 335 g/mol. The lowest BCUT2D eigenvalue weighted by Gasteiger charge is -2.12. The molecule has 3 N–H and O–H groups in total. The van der Waals surface area contributed by atoms with Crippen molar-refractivity contribution in [3.8, 4) is 0 Å². The number of aryl methyl sites for hydroxylation is 1. The molecule has 1 amide bonds. The standard InChI is InChI=1S/C15H16FN3O3.C2H6/c1-10-2-3-13(12(16)8-10)18-14-9-17-5-4-11(14)15(21)19-22-7-6-20;1-2/h2-5,8-9,18,20H,6-7H2,1H3,(H,19,21);1-2H3. The molecular formula is C17H22FN3O3. The number of anilines is 2. The molecule has 0 aliphatic heterocycles. The molecule has 1 heterocycles. The van der Waals surface area contributed by atoms with Crippen molar-refractivity contribution in [2.75, 3.05) is 18.5 Å². The highest BCUT2D eigenvalue weighted by Crippen LogP contribution is 2.23. The predicted octanol–water partition coefficient (Wildman–Crippen LogP) is 2.95. The van der Waals surface area contributed by atoms with Gasteiger partial charge in [-0.2, -0.15) is 0 Å². The van der Waals surface area contributed by atoms with E-state index < -0.39 is 11.7 Å². The Hall–Kier alpha value is -2.51. The van der Waals surface area contributed by atoms with Gasteiger partial charge >= 0.3 is 0 Å². The van der Waals surface area contributed by atoms with E-state index in [4.69, 9.17) is 9.94 Å². The number of aromatic nitrogens is 1. The fourth-order valence-corrected chi connectivity index (χ4v) is 1.78. The monoisotopic (exact) mass is 335 g/mol. The van der Waals surface area contributed by atoms with Gasteiger partial charge in [0.2, 0.25) is 0 Å². The molecule has 0 saturated carbocycles. The van der Waals surface area contributed by atoms with E-state index in [1.165, 1.54) is 24.5 Å². The number of hydrogen-bond donors (Lipinski definition) is 3. The molecular weight excluding hydrogens is 313 g/mol. The van der Waals surface area contributed by atoms with Crippen LogP contribution in [0.4, 0.5) is 15.8 Å². The fraction of sp³-hybridized carbons (Fsp3) is 0.294. The highest BCUT2D eigenvalue weighted by molar-refractivity contribution is 5.99. The molecule has 0 unspecified atom stereocenters. The molecule has 2 aromatic rings. The quantitative estimate of drug-likeness (QED) is 0.558. The summed E-state index contributed by atoms with van der Waals surface area (Å²) >= 11 is 0. The first-order valence-electron chi connectivity index (χ1n) is 7.62. The van der Waals surface area contributed by atoms with Gasteiger partial charge in [0.05, 0.1) is 36.3 Å². The van der Waals surface area contributed by atoms with Crippen molar-refractivity contribution in [1.29, 1.82) is 0 Å². The van der Waals surface area contributed by atoms with Gasteiger partial charge in [-0.15, -0.1) is 0 Å². The summed E-state index contributed by atoms with van der Waals surface area (Å²) in [5.74, 6) is -0.947. The lowest BCUT2D eigenvalue weighted by atomic mass is 10.2. The maximum Gasteiger partial charge on any atom is 0.277 e. The van der Waals surface area contributed by atoms with Crippen LogP contribution in [0.2, 0.25) is 0 Å². The second-order valence-electron chi connectivity index (χ2n) is 4.53. The van der Waals surface area contributed by atoms with E-state index in [1.54, 1.807) is 19.1 Å². The minimum Gasteiger partial charge on any atom is -0.394 e.